The Morgan fingerprint density at radius 1 is 0.926 bits per heavy atom. The van der Waals surface area contributed by atoms with Crippen LogP contribution in [0.2, 0.25) is 0 Å². The van der Waals surface area contributed by atoms with Gasteiger partial charge in [-0.15, -0.1) is 0 Å². The second-order valence-electron chi connectivity index (χ2n) is 6.33. The summed E-state index contributed by atoms with van der Waals surface area (Å²) in [5.74, 6) is -0.619. The number of hydrogen-bond donors (Lipinski definition) is 1. The molecule has 0 fully saturated rings. The summed E-state index contributed by atoms with van der Waals surface area (Å²) in [6.45, 7) is 0.547. The Hall–Kier alpha value is -3.73. The van der Waals surface area contributed by atoms with Crippen molar-refractivity contribution in [3.05, 3.63) is 102 Å². The molecule has 2 N–H and O–H groups in total. The number of aromatic nitrogens is 2. The number of benzene rings is 2. The van der Waals surface area contributed by atoms with Gasteiger partial charge in [0.15, 0.2) is 0 Å². The smallest absolute Gasteiger partial charge is 0.248 e. The van der Waals surface area contributed by atoms with E-state index in [1.807, 2.05) is 47.3 Å². The van der Waals surface area contributed by atoms with Crippen molar-refractivity contribution in [2.75, 3.05) is 0 Å². The summed E-state index contributed by atoms with van der Waals surface area (Å²) in [4.78, 5) is 28.5. The molecule has 5 nitrogen and oxygen atoms in total. The van der Waals surface area contributed by atoms with E-state index >= 15 is 0 Å². The summed E-state index contributed by atoms with van der Waals surface area (Å²) in [7, 11) is 0. The number of fused-ring (bicyclic) bond motifs is 1. The Morgan fingerprint density at radius 2 is 1.67 bits per heavy atom. The highest BCUT2D eigenvalue weighted by Crippen LogP contribution is 2.17. The van der Waals surface area contributed by atoms with Gasteiger partial charge in [-0.3, -0.25) is 14.6 Å². The molecular formula is C22H17N3O2. The number of nitrogens with two attached hydrogens (primary N) is 1. The number of primary amides is 1. The van der Waals surface area contributed by atoms with Gasteiger partial charge in [-0.1, -0.05) is 30.3 Å². The largest absolute Gasteiger partial charge is 0.366 e. The number of rotatable bonds is 5. The van der Waals surface area contributed by atoms with E-state index in [9.17, 15) is 9.59 Å². The third-order valence-corrected chi connectivity index (χ3v) is 4.49. The van der Waals surface area contributed by atoms with Crippen LogP contribution in [0, 0.1) is 0 Å². The highest BCUT2D eigenvalue weighted by atomic mass is 16.1. The van der Waals surface area contributed by atoms with Gasteiger partial charge < -0.3 is 10.3 Å². The first-order valence-corrected chi connectivity index (χ1v) is 8.55. The summed E-state index contributed by atoms with van der Waals surface area (Å²) < 4.78 is 1.90. The Kier molecular flexibility index (Phi) is 4.26. The summed E-state index contributed by atoms with van der Waals surface area (Å²) in [5.41, 5.74) is 8.68. The first kappa shape index (κ1) is 16.7. The van der Waals surface area contributed by atoms with Crippen LogP contribution in [0.15, 0.2) is 79.1 Å². The maximum atomic E-state index is 12.9. The molecule has 132 valence electrons. The van der Waals surface area contributed by atoms with Gasteiger partial charge in [0.25, 0.3) is 0 Å². The molecule has 0 saturated heterocycles. The average molecular weight is 355 g/mol. The number of hydrogen-bond acceptors (Lipinski definition) is 3. The zero-order valence-electron chi connectivity index (χ0n) is 14.5. The Morgan fingerprint density at radius 3 is 2.44 bits per heavy atom. The third kappa shape index (κ3) is 3.35. The SMILES string of the molecule is NC(=O)c1ccc(C(=O)c2cccn2Cc2cnc3ccccc3c2)cc1. The molecule has 2 aromatic carbocycles. The Balaban J connectivity index is 1.61. The molecule has 4 rings (SSSR count). The fourth-order valence-electron chi connectivity index (χ4n) is 3.09. The minimum absolute atomic E-state index is 0.107. The van der Waals surface area contributed by atoms with E-state index in [1.54, 1.807) is 30.3 Å². The maximum Gasteiger partial charge on any atom is 0.248 e. The molecule has 0 unspecified atom stereocenters. The molecule has 0 aliphatic heterocycles. The van der Waals surface area contributed by atoms with Gasteiger partial charge in [0.05, 0.1) is 11.2 Å². The lowest BCUT2D eigenvalue weighted by atomic mass is 10.1. The van der Waals surface area contributed by atoms with Gasteiger partial charge in [0, 0.05) is 35.5 Å². The summed E-state index contributed by atoms with van der Waals surface area (Å²) in [6.07, 6.45) is 3.71. The van der Waals surface area contributed by atoms with Gasteiger partial charge in [0.1, 0.15) is 0 Å². The lowest BCUT2D eigenvalue weighted by molar-refractivity contribution is 0.0996. The molecular weight excluding hydrogens is 338 g/mol. The number of pyridine rings is 1. The van der Waals surface area contributed by atoms with Crippen molar-refractivity contribution in [1.82, 2.24) is 9.55 Å². The molecule has 27 heavy (non-hydrogen) atoms. The molecule has 0 aliphatic carbocycles. The number of ketones is 1. The van der Waals surface area contributed by atoms with Crippen molar-refractivity contribution in [1.29, 1.82) is 0 Å². The van der Waals surface area contributed by atoms with Gasteiger partial charge in [-0.05, 0) is 42.0 Å². The van der Waals surface area contributed by atoms with E-state index in [0.29, 0.717) is 23.4 Å². The lowest BCUT2D eigenvalue weighted by Crippen LogP contribution is -2.13. The highest BCUT2D eigenvalue weighted by molar-refractivity contribution is 6.08. The number of nitrogens with zero attached hydrogens (tertiary/aromatic N) is 2. The Labute approximate surface area is 156 Å². The van der Waals surface area contributed by atoms with Crippen LogP contribution in [-0.4, -0.2) is 21.2 Å². The summed E-state index contributed by atoms with van der Waals surface area (Å²) in [5, 5.41) is 1.07. The molecule has 0 aliphatic rings. The van der Waals surface area contributed by atoms with Crippen molar-refractivity contribution < 1.29 is 9.59 Å². The van der Waals surface area contributed by atoms with E-state index in [4.69, 9.17) is 5.73 Å². The van der Waals surface area contributed by atoms with Gasteiger partial charge in [0.2, 0.25) is 11.7 Å². The monoisotopic (exact) mass is 355 g/mol. The molecule has 5 heteroatoms. The van der Waals surface area contributed by atoms with Crippen molar-refractivity contribution in [3.8, 4) is 0 Å². The predicted molar refractivity (Wildman–Crippen MR) is 104 cm³/mol. The number of amides is 1. The molecule has 0 bridgehead atoms. The zero-order valence-corrected chi connectivity index (χ0v) is 14.5. The van der Waals surface area contributed by atoms with Gasteiger partial charge in [-0.2, -0.15) is 0 Å². The number of carbonyl (C=O) groups excluding carboxylic acids is 2. The maximum absolute atomic E-state index is 12.9. The van der Waals surface area contributed by atoms with Crippen molar-refractivity contribution in [3.63, 3.8) is 0 Å². The molecule has 2 heterocycles. The first-order chi connectivity index (χ1) is 13.1. The zero-order chi connectivity index (χ0) is 18.8. The van der Waals surface area contributed by atoms with Crippen LogP contribution in [-0.2, 0) is 6.54 Å². The highest BCUT2D eigenvalue weighted by Gasteiger charge is 2.14. The fourth-order valence-corrected chi connectivity index (χ4v) is 3.09. The quantitative estimate of drug-likeness (QED) is 0.557. The molecule has 0 atom stereocenters. The molecule has 0 saturated carbocycles. The standard InChI is InChI=1S/C22H17N3O2/c23-22(27)17-9-7-16(8-10-17)21(26)20-6-3-11-25(20)14-15-12-18-4-1-2-5-19(18)24-13-15/h1-13H,14H2,(H2,23,27). The van der Waals surface area contributed by atoms with Gasteiger partial charge in [-0.25, -0.2) is 0 Å². The lowest BCUT2D eigenvalue weighted by Gasteiger charge is -2.10. The van der Waals surface area contributed by atoms with Crippen molar-refractivity contribution >= 4 is 22.6 Å². The average Bonchev–Trinajstić information content (AvgIpc) is 3.15. The first-order valence-electron chi connectivity index (χ1n) is 8.55. The van der Waals surface area contributed by atoms with Crippen LogP contribution in [0.1, 0.15) is 32.0 Å². The topological polar surface area (TPSA) is 78.0 Å². The molecule has 1 amide bonds. The molecule has 0 radical (unpaired) electrons. The molecule has 0 spiro atoms. The van der Waals surface area contributed by atoms with Gasteiger partial charge >= 0.3 is 0 Å². The van der Waals surface area contributed by atoms with Crippen molar-refractivity contribution in [2.24, 2.45) is 5.73 Å². The van der Waals surface area contributed by atoms with E-state index in [2.05, 4.69) is 11.1 Å². The minimum atomic E-state index is -0.513. The minimum Gasteiger partial charge on any atom is -0.366 e. The molecule has 4 aromatic rings. The second kappa shape index (κ2) is 6.88. The van der Waals surface area contributed by atoms with Crippen LogP contribution >= 0.6 is 0 Å². The van der Waals surface area contributed by atoms with E-state index < -0.39 is 5.91 Å². The normalized spacial score (nSPS) is 10.8. The number of carbonyl (C=O) groups is 2. The third-order valence-electron chi connectivity index (χ3n) is 4.49. The van der Waals surface area contributed by atoms with E-state index in [-0.39, 0.29) is 5.78 Å². The van der Waals surface area contributed by atoms with E-state index in [1.165, 1.54) is 0 Å². The summed E-state index contributed by atoms with van der Waals surface area (Å²) in [6, 6.07) is 20.0. The second-order valence-corrected chi connectivity index (χ2v) is 6.33. The van der Waals surface area contributed by atoms with Crippen LogP contribution in [0.5, 0.6) is 0 Å². The summed E-state index contributed by atoms with van der Waals surface area (Å²) >= 11 is 0. The molecule has 2 aromatic heterocycles. The fraction of sp³-hybridized carbons (Fsp3) is 0.0455. The van der Waals surface area contributed by atoms with Crippen LogP contribution in [0.4, 0.5) is 0 Å². The van der Waals surface area contributed by atoms with Crippen LogP contribution in [0.25, 0.3) is 10.9 Å². The predicted octanol–water partition coefficient (Wildman–Crippen LogP) is 3.41. The Bertz CT molecular complexity index is 1140. The number of para-hydroxylation sites is 1. The van der Waals surface area contributed by atoms with Crippen molar-refractivity contribution in [2.45, 2.75) is 6.54 Å². The van der Waals surface area contributed by atoms with Crippen LogP contribution in [0.3, 0.4) is 0 Å². The van der Waals surface area contributed by atoms with Crippen LogP contribution < -0.4 is 5.73 Å². The van der Waals surface area contributed by atoms with E-state index in [0.717, 1.165) is 16.5 Å².